The Balaban J connectivity index is 1.72. The van der Waals surface area contributed by atoms with Crippen molar-refractivity contribution in [1.82, 2.24) is 10.2 Å². The summed E-state index contributed by atoms with van der Waals surface area (Å²) in [6.45, 7) is 4.22. The lowest BCUT2D eigenvalue weighted by Crippen LogP contribution is -2.12. The summed E-state index contributed by atoms with van der Waals surface area (Å²) in [5, 5.41) is 10.1. The predicted octanol–water partition coefficient (Wildman–Crippen LogP) is 3.30. The van der Waals surface area contributed by atoms with Crippen LogP contribution in [-0.2, 0) is 10.0 Å². The fraction of sp³-hybridized carbons (Fsp3) is 0.167. The number of carbonyl (C=O) groups is 1. The number of amides is 1. The van der Waals surface area contributed by atoms with Crippen LogP contribution in [-0.4, -0.2) is 31.1 Å². The molecule has 0 saturated heterocycles. The highest BCUT2D eigenvalue weighted by molar-refractivity contribution is 7.94. The van der Waals surface area contributed by atoms with Crippen molar-refractivity contribution in [3.8, 4) is 5.75 Å². The van der Waals surface area contributed by atoms with Crippen LogP contribution in [0.4, 0.5) is 10.8 Å². The van der Waals surface area contributed by atoms with Gasteiger partial charge in [0.15, 0.2) is 0 Å². The highest BCUT2D eigenvalue weighted by Crippen LogP contribution is 2.24. The van der Waals surface area contributed by atoms with Gasteiger partial charge in [0.25, 0.3) is 20.3 Å². The van der Waals surface area contributed by atoms with Gasteiger partial charge in [-0.3, -0.25) is 14.8 Å². The third-order valence-electron chi connectivity index (χ3n) is 3.57. The molecular formula is C18H18N4O4S2. The summed E-state index contributed by atoms with van der Waals surface area (Å²) >= 11 is 0.764. The van der Waals surface area contributed by atoms with Crippen LogP contribution in [0.2, 0.25) is 0 Å². The van der Waals surface area contributed by atoms with E-state index in [1.807, 2.05) is 26.0 Å². The van der Waals surface area contributed by atoms with Crippen LogP contribution < -0.4 is 14.8 Å². The molecule has 2 N–H and O–H groups in total. The topological polar surface area (TPSA) is 110 Å². The minimum absolute atomic E-state index is 0.0917. The largest absolute Gasteiger partial charge is 0.494 e. The molecule has 0 fully saturated rings. The first-order valence-electron chi connectivity index (χ1n) is 8.34. The molecule has 1 aromatic heterocycles. The molecule has 0 aliphatic carbocycles. The Morgan fingerprint density at radius 3 is 2.61 bits per heavy atom. The summed E-state index contributed by atoms with van der Waals surface area (Å²) < 4.78 is 32.6. The summed E-state index contributed by atoms with van der Waals surface area (Å²) in [6, 6.07) is 13.5. The van der Waals surface area contributed by atoms with Gasteiger partial charge >= 0.3 is 0 Å². The highest BCUT2D eigenvalue weighted by Gasteiger charge is 2.21. The van der Waals surface area contributed by atoms with Crippen LogP contribution in [0.5, 0.6) is 5.75 Å². The number of aryl methyl sites for hydroxylation is 1. The van der Waals surface area contributed by atoms with Gasteiger partial charge in [-0.15, -0.1) is 10.2 Å². The maximum atomic E-state index is 12.5. The summed E-state index contributed by atoms with van der Waals surface area (Å²) in [7, 11) is -3.94. The Morgan fingerprint density at radius 2 is 1.89 bits per heavy atom. The number of anilines is 2. The summed E-state index contributed by atoms with van der Waals surface area (Å²) in [5.74, 6) is 0.156. The van der Waals surface area contributed by atoms with Crippen LogP contribution in [0.25, 0.3) is 0 Å². The molecular weight excluding hydrogens is 400 g/mol. The maximum Gasteiger partial charge on any atom is 0.291 e. The molecule has 0 atom stereocenters. The molecule has 8 nitrogen and oxygen atoms in total. The zero-order chi connectivity index (χ0) is 20.1. The molecule has 3 rings (SSSR count). The maximum absolute atomic E-state index is 12.5. The molecule has 1 heterocycles. The van der Waals surface area contributed by atoms with Crippen LogP contribution in [0, 0.1) is 6.92 Å². The van der Waals surface area contributed by atoms with E-state index >= 15 is 0 Å². The van der Waals surface area contributed by atoms with Crippen molar-refractivity contribution in [2.75, 3.05) is 16.6 Å². The van der Waals surface area contributed by atoms with E-state index in [2.05, 4.69) is 20.2 Å². The SMILES string of the molecule is CCOc1cccc(NS(=O)(=O)c2nnc(NC(=O)c3ccc(C)cc3)s2)c1. The zero-order valence-electron chi connectivity index (χ0n) is 15.2. The van der Waals surface area contributed by atoms with Gasteiger partial charge in [-0.25, -0.2) is 0 Å². The third kappa shape index (κ3) is 4.84. The predicted molar refractivity (Wildman–Crippen MR) is 107 cm³/mol. The minimum atomic E-state index is -3.94. The molecule has 2 aromatic carbocycles. The Kier molecular flexibility index (Phi) is 5.90. The van der Waals surface area contributed by atoms with E-state index in [1.165, 1.54) is 0 Å². The molecule has 0 aliphatic rings. The lowest BCUT2D eigenvalue weighted by Gasteiger charge is -2.07. The number of carbonyl (C=O) groups excluding carboxylic acids is 1. The minimum Gasteiger partial charge on any atom is -0.494 e. The van der Waals surface area contributed by atoms with Crippen molar-refractivity contribution in [3.05, 3.63) is 59.7 Å². The van der Waals surface area contributed by atoms with Crippen LogP contribution in [0.1, 0.15) is 22.8 Å². The number of nitrogens with one attached hydrogen (secondary N) is 2. The van der Waals surface area contributed by atoms with Crippen molar-refractivity contribution in [2.45, 2.75) is 18.2 Å². The molecule has 0 radical (unpaired) electrons. The summed E-state index contributed by atoms with van der Waals surface area (Å²) in [4.78, 5) is 12.2. The number of rotatable bonds is 7. The van der Waals surface area contributed by atoms with Gasteiger partial charge < -0.3 is 4.74 Å². The molecule has 0 aliphatic heterocycles. The monoisotopic (exact) mass is 418 g/mol. The normalized spacial score (nSPS) is 11.1. The van der Waals surface area contributed by atoms with Gasteiger partial charge in [0, 0.05) is 11.6 Å². The van der Waals surface area contributed by atoms with E-state index in [4.69, 9.17) is 4.74 Å². The van der Waals surface area contributed by atoms with E-state index in [0.717, 1.165) is 16.9 Å². The number of sulfonamides is 1. The zero-order valence-corrected chi connectivity index (χ0v) is 16.8. The molecule has 3 aromatic rings. The fourth-order valence-corrected chi connectivity index (χ4v) is 4.20. The van der Waals surface area contributed by atoms with Crippen molar-refractivity contribution >= 4 is 38.1 Å². The van der Waals surface area contributed by atoms with Gasteiger partial charge in [0.05, 0.1) is 12.3 Å². The van der Waals surface area contributed by atoms with Gasteiger partial charge in [-0.2, -0.15) is 8.42 Å². The second kappa shape index (κ2) is 8.36. The Hall–Kier alpha value is -2.98. The summed E-state index contributed by atoms with van der Waals surface area (Å²) in [5.41, 5.74) is 1.81. The number of nitrogens with zero attached hydrogens (tertiary/aromatic N) is 2. The second-order valence-electron chi connectivity index (χ2n) is 5.76. The second-order valence-corrected chi connectivity index (χ2v) is 8.59. The lowest BCUT2D eigenvalue weighted by atomic mass is 10.1. The molecule has 146 valence electrons. The number of benzene rings is 2. The molecule has 0 bridgehead atoms. The average molecular weight is 419 g/mol. The van der Waals surface area contributed by atoms with Crippen molar-refractivity contribution in [1.29, 1.82) is 0 Å². The Bertz CT molecular complexity index is 1080. The van der Waals surface area contributed by atoms with Crippen LogP contribution >= 0.6 is 11.3 Å². The lowest BCUT2D eigenvalue weighted by molar-refractivity contribution is 0.102. The van der Waals surface area contributed by atoms with Crippen LogP contribution in [0.15, 0.2) is 52.9 Å². The Labute approximate surface area is 166 Å². The molecule has 0 spiro atoms. The van der Waals surface area contributed by atoms with Crippen LogP contribution in [0.3, 0.4) is 0 Å². The quantitative estimate of drug-likeness (QED) is 0.570. The first-order valence-corrected chi connectivity index (χ1v) is 10.6. The third-order valence-corrected chi connectivity index (χ3v) is 6.16. The Morgan fingerprint density at radius 1 is 1.14 bits per heavy atom. The number of hydrogen-bond acceptors (Lipinski definition) is 7. The van der Waals surface area contributed by atoms with Gasteiger partial charge in [0.2, 0.25) is 5.13 Å². The van der Waals surface area contributed by atoms with Gasteiger partial charge in [-0.1, -0.05) is 35.1 Å². The first kappa shape index (κ1) is 19.8. The smallest absolute Gasteiger partial charge is 0.291 e. The molecule has 0 saturated carbocycles. The van der Waals surface area contributed by atoms with Gasteiger partial charge in [0.1, 0.15) is 5.75 Å². The number of hydrogen-bond donors (Lipinski definition) is 2. The average Bonchev–Trinajstić information content (AvgIpc) is 3.12. The van der Waals surface area contributed by atoms with E-state index in [9.17, 15) is 13.2 Å². The highest BCUT2D eigenvalue weighted by atomic mass is 32.2. The van der Waals surface area contributed by atoms with E-state index in [1.54, 1.807) is 36.4 Å². The van der Waals surface area contributed by atoms with Crippen molar-refractivity contribution in [2.24, 2.45) is 0 Å². The number of aromatic nitrogens is 2. The molecule has 10 heteroatoms. The molecule has 0 unspecified atom stereocenters. The van der Waals surface area contributed by atoms with Crippen molar-refractivity contribution in [3.63, 3.8) is 0 Å². The van der Waals surface area contributed by atoms with E-state index < -0.39 is 15.9 Å². The van der Waals surface area contributed by atoms with Crippen molar-refractivity contribution < 1.29 is 17.9 Å². The van der Waals surface area contributed by atoms with Gasteiger partial charge in [-0.05, 0) is 38.1 Å². The summed E-state index contributed by atoms with van der Waals surface area (Å²) in [6.07, 6.45) is 0. The van der Waals surface area contributed by atoms with E-state index in [0.29, 0.717) is 23.6 Å². The first-order chi connectivity index (χ1) is 13.4. The van der Waals surface area contributed by atoms with E-state index in [-0.39, 0.29) is 9.47 Å². The fourth-order valence-electron chi connectivity index (χ4n) is 2.26. The standard InChI is InChI=1S/C18H18N4O4S2/c1-3-26-15-6-4-5-14(11-15)22-28(24,25)18-21-20-17(27-18)19-16(23)13-9-7-12(2)8-10-13/h4-11,22H,3H2,1-2H3,(H,19,20,23). The molecule has 1 amide bonds. The number of ether oxygens (including phenoxy) is 1. The molecule has 28 heavy (non-hydrogen) atoms.